The number of hydrogen-bond acceptors (Lipinski definition) is 2. The Hall–Kier alpha value is -1.37. The van der Waals surface area contributed by atoms with E-state index in [1.165, 1.54) is 17.7 Å². The fourth-order valence-electron chi connectivity index (χ4n) is 1.79. The third-order valence-corrected chi connectivity index (χ3v) is 2.74. The number of imidazole rings is 1. The summed E-state index contributed by atoms with van der Waals surface area (Å²) in [4.78, 5) is 6.89. The van der Waals surface area contributed by atoms with E-state index in [0.717, 1.165) is 0 Å². The predicted octanol–water partition coefficient (Wildman–Crippen LogP) is 3.61. The van der Waals surface area contributed by atoms with Gasteiger partial charge in [0.15, 0.2) is 10.4 Å². The monoisotopic (exact) mass is 261 g/mol. The highest BCUT2D eigenvalue weighted by Gasteiger charge is 2.31. The zero-order chi connectivity index (χ0) is 12.6. The van der Waals surface area contributed by atoms with Crippen LogP contribution >= 0.6 is 12.2 Å². The fraction of sp³-hybridized carbons (Fsp3) is 0.400. The summed E-state index contributed by atoms with van der Waals surface area (Å²) in [6.07, 6.45) is -3.61. The van der Waals surface area contributed by atoms with Crippen molar-refractivity contribution in [2.75, 3.05) is 0 Å². The zero-order valence-electron chi connectivity index (χ0n) is 8.95. The molecule has 0 bridgehead atoms. The van der Waals surface area contributed by atoms with Gasteiger partial charge in [0.2, 0.25) is 0 Å². The molecule has 1 atom stereocenters. The van der Waals surface area contributed by atoms with Gasteiger partial charge in [0, 0.05) is 12.2 Å². The van der Waals surface area contributed by atoms with Crippen LogP contribution < -0.4 is 0 Å². The Morgan fingerprint density at radius 3 is 2.88 bits per heavy atom. The van der Waals surface area contributed by atoms with Crippen LogP contribution in [0.15, 0.2) is 18.3 Å². The Morgan fingerprint density at radius 1 is 1.53 bits per heavy atom. The van der Waals surface area contributed by atoms with Crippen LogP contribution in [0.25, 0.3) is 11.2 Å². The van der Waals surface area contributed by atoms with Crippen molar-refractivity contribution >= 4 is 23.4 Å². The van der Waals surface area contributed by atoms with Crippen LogP contribution in [0.2, 0.25) is 0 Å². The molecular weight excluding hydrogens is 251 g/mol. The number of aromatic amines is 1. The van der Waals surface area contributed by atoms with Crippen molar-refractivity contribution in [1.29, 1.82) is 0 Å². The van der Waals surface area contributed by atoms with Crippen LogP contribution in [0.5, 0.6) is 0 Å². The van der Waals surface area contributed by atoms with Gasteiger partial charge in [-0.15, -0.1) is 0 Å². The molecule has 2 heterocycles. The maximum absolute atomic E-state index is 12.4. The lowest BCUT2D eigenvalue weighted by molar-refractivity contribution is -0.141. The zero-order valence-corrected chi connectivity index (χ0v) is 9.77. The first-order chi connectivity index (χ1) is 7.88. The summed E-state index contributed by atoms with van der Waals surface area (Å²) in [6, 6.07) is 2.66. The Morgan fingerprint density at radius 2 is 2.24 bits per heavy atom. The van der Waals surface area contributed by atoms with Crippen LogP contribution in [-0.4, -0.2) is 20.7 Å². The van der Waals surface area contributed by atoms with Crippen LogP contribution in [0, 0.1) is 4.77 Å². The normalized spacial score (nSPS) is 14.1. The molecule has 0 amide bonds. The summed E-state index contributed by atoms with van der Waals surface area (Å²) in [5, 5.41) is 0. The molecule has 0 aliphatic rings. The molecular formula is C10H10F3N3S. The molecule has 92 valence electrons. The Kier molecular flexibility index (Phi) is 2.94. The molecule has 0 radical (unpaired) electrons. The lowest BCUT2D eigenvalue weighted by atomic mass is 10.2. The lowest BCUT2D eigenvalue weighted by Gasteiger charge is -2.15. The first kappa shape index (κ1) is 12.1. The average molecular weight is 261 g/mol. The molecule has 0 aromatic carbocycles. The van der Waals surface area contributed by atoms with E-state index < -0.39 is 18.6 Å². The number of H-pyrrole nitrogens is 1. The number of hydrogen-bond donors (Lipinski definition) is 1. The van der Waals surface area contributed by atoms with Gasteiger partial charge in [-0.2, -0.15) is 13.2 Å². The highest BCUT2D eigenvalue weighted by atomic mass is 32.1. The molecule has 1 N–H and O–H groups in total. The molecule has 0 spiro atoms. The smallest absolute Gasteiger partial charge is 0.329 e. The Bertz CT molecular complexity index is 584. The largest absolute Gasteiger partial charge is 0.391 e. The Labute approximate surface area is 100 Å². The van der Waals surface area contributed by atoms with Gasteiger partial charge in [0.1, 0.15) is 0 Å². The molecule has 2 rings (SSSR count). The molecule has 0 saturated heterocycles. The van der Waals surface area contributed by atoms with Crippen molar-refractivity contribution in [2.24, 2.45) is 0 Å². The van der Waals surface area contributed by atoms with Gasteiger partial charge in [-0.25, -0.2) is 4.98 Å². The van der Waals surface area contributed by atoms with Crippen LogP contribution in [0.3, 0.4) is 0 Å². The summed E-state index contributed by atoms with van der Waals surface area (Å²) >= 11 is 5.02. The number of alkyl halides is 3. The van der Waals surface area contributed by atoms with Gasteiger partial charge >= 0.3 is 6.18 Å². The van der Waals surface area contributed by atoms with Crippen molar-refractivity contribution in [3.05, 3.63) is 23.1 Å². The summed E-state index contributed by atoms with van der Waals surface area (Å²) in [5.74, 6) is 0. The maximum Gasteiger partial charge on any atom is 0.391 e. The topological polar surface area (TPSA) is 33.6 Å². The average Bonchev–Trinajstić information content (AvgIpc) is 2.50. The van der Waals surface area contributed by atoms with E-state index in [9.17, 15) is 13.2 Å². The highest BCUT2D eigenvalue weighted by molar-refractivity contribution is 7.71. The standard InChI is InChI=1S/C10H10F3N3S/c1-6(5-10(11,12)13)16-8-7(15-9(16)17)3-2-4-14-8/h2-4,6H,5H2,1H3,(H,15,17). The molecule has 2 aromatic heterocycles. The van der Waals surface area contributed by atoms with E-state index in [2.05, 4.69) is 9.97 Å². The number of pyridine rings is 1. The number of nitrogens with zero attached hydrogens (tertiary/aromatic N) is 2. The van der Waals surface area contributed by atoms with Crippen molar-refractivity contribution in [3.63, 3.8) is 0 Å². The van der Waals surface area contributed by atoms with Crippen molar-refractivity contribution in [2.45, 2.75) is 25.6 Å². The van der Waals surface area contributed by atoms with Crippen LogP contribution in [0.1, 0.15) is 19.4 Å². The second-order valence-corrected chi connectivity index (χ2v) is 4.23. The van der Waals surface area contributed by atoms with E-state index in [-0.39, 0.29) is 4.77 Å². The minimum absolute atomic E-state index is 0.260. The minimum atomic E-state index is -4.22. The van der Waals surface area contributed by atoms with Crippen LogP contribution in [-0.2, 0) is 0 Å². The van der Waals surface area contributed by atoms with E-state index >= 15 is 0 Å². The molecule has 0 aliphatic heterocycles. The number of nitrogens with one attached hydrogen (secondary N) is 1. The lowest BCUT2D eigenvalue weighted by Crippen LogP contribution is -2.16. The van der Waals surface area contributed by atoms with E-state index in [1.54, 1.807) is 12.1 Å². The summed E-state index contributed by atoms with van der Waals surface area (Å²) < 4.78 is 38.7. The van der Waals surface area contributed by atoms with Gasteiger partial charge in [-0.1, -0.05) is 0 Å². The SMILES string of the molecule is CC(CC(F)(F)F)n1c(=S)[nH]c2cccnc21. The number of fused-ring (bicyclic) bond motifs is 1. The maximum atomic E-state index is 12.4. The molecule has 2 aromatic rings. The third-order valence-electron chi connectivity index (χ3n) is 2.44. The van der Waals surface area contributed by atoms with E-state index in [0.29, 0.717) is 11.2 Å². The molecule has 0 saturated carbocycles. The van der Waals surface area contributed by atoms with Crippen molar-refractivity contribution in [3.8, 4) is 0 Å². The van der Waals surface area contributed by atoms with Gasteiger partial charge in [-0.05, 0) is 31.3 Å². The molecule has 3 nitrogen and oxygen atoms in total. The van der Waals surface area contributed by atoms with Crippen LogP contribution in [0.4, 0.5) is 13.2 Å². The van der Waals surface area contributed by atoms with Gasteiger partial charge in [0.05, 0.1) is 11.9 Å². The summed E-state index contributed by atoms with van der Waals surface area (Å²) in [6.45, 7) is 1.48. The summed E-state index contributed by atoms with van der Waals surface area (Å²) in [5.41, 5.74) is 1.10. The van der Waals surface area contributed by atoms with Crippen molar-refractivity contribution < 1.29 is 13.2 Å². The number of aromatic nitrogens is 3. The fourth-order valence-corrected chi connectivity index (χ4v) is 2.17. The Balaban J connectivity index is 2.48. The molecule has 1 unspecified atom stereocenters. The minimum Gasteiger partial charge on any atom is -0.329 e. The molecule has 7 heteroatoms. The van der Waals surface area contributed by atoms with Gasteiger partial charge in [0.25, 0.3) is 0 Å². The summed E-state index contributed by atoms with van der Waals surface area (Å²) in [7, 11) is 0. The van der Waals surface area contributed by atoms with Crippen molar-refractivity contribution in [1.82, 2.24) is 14.5 Å². The molecule has 0 aliphatic carbocycles. The van der Waals surface area contributed by atoms with E-state index in [1.807, 2.05) is 0 Å². The number of rotatable bonds is 2. The number of halogens is 3. The first-order valence-corrected chi connectivity index (χ1v) is 5.41. The second-order valence-electron chi connectivity index (χ2n) is 3.84. The predicted molar refractivity (Wildman–Crippen MR) is 60.3 cm³/mol. The third kappa shape index (κ3) is 2.49. The quantitative estimate of drug-likeness (QED) is 0.838. The van der Waals surface area contributed by atoms with Gasteiger partial charge < -0.3 is 4.98 Å². The molecule has 0 fully saturated rings. The first-order valence-electron chi connectivity index (χ1n) is 5.00. The van der Waals surface area contributed by atoms with E-state index in [4.69, 9.17) is 12.2 Å². The highest BCUT2D eigenvalue weighted by Crippen LogP contribution is 2.29. The van der Waals surface area contributed by atoms with Gasteiger partial charge in [-0.3, -0.25) is 4.57 Å². The second kappa shape index (κ2) is 4.14. The molecule has 17 heavy (non-hydrogen) atoms.